The van der Waals surface area contributed by atoms with Crippen molar-refractivity contribution in [2.24, 2.45) is 34.0 Å². The number of aliphatic hydroxyl groups excluding tert-OH is 1. The van der Waals surface area contributed by atoms with E-state index in [2.05, 4.69) is 77.9 Å². The molecule has 0 spiro atoms. The van der Waals surface area contributed by atoms with Crippen LogP contribution in [0.1, 0.15) is 105 Å². The molecular weight excluding hydrogens is 644 g/mol. The van der Waals surface area contributed by atoms with Crippen LogP contribution in [0.5, 0.6) is 0 Å². The Morgan fingerprint density at radius 3 is 2.02 bits per heavy atom. The third-order valence-electron chi connectivity index (χ3n) is 14.3. The Bertz CT molecular complexity index is 1680. The van der Waals surface area contributed by atoms with Crippen LogP contribution in [-0.2, 0) is 28.6 Å². The van der Waals surface area contributed by atoms with E-state index in [-0.39, 0.29) is 53.7 Å². The second-order valence-corrected chi connectivity index (χ2v) is 17.8. The molecule has 2 aliphatic heterocycles. The molecule has 2 heterocycles. The first-order valence-corrected chi connectivity index (χ1v) is 18.6. The summed E-state index contributed by atoms with van der Waals surface area (Å²) in [4.78, 5) is 30.6. The zero-order chi connectivity index (χ0) is 37.3. The van der Waals surface area contributed by atoms with Crippen molar-refractivity contribution in [1.82, 2.24) is 0 Å². The highest BCUT2D eigenvalue weighted by atomic mass is 16.6. The van der Waals surface area contributed by atoms with Gasteiger partial charge in [0.1, 0.15) is 6.10 Å². The van der Waals surface area contributed by atoms with E-state index in [1.54, 1.807) is 0 Å². The number of carbonyl (C=O) groups is 1. The molecular formula is C43H56O8. The summed E-state index contributed by atoms with van der Waals surface area (Å²) in [5, 5.41) is 26.5. The molecule has 8 nitrogen and oxygen atoms in total. The monoisotopic (exact) mass is 700 g/mol. The Hall–Kier alpha value is -3.13. The summed E-state index contributed by atoms with van der Waals surface area (Å²) in [7, 11) is 0. The van der Waals surface area contributed by atoms with Crippen molar-refractivity contribution in [3.63, 3.8) is 0 Å². The first-order valence-electron chi connectivity index (χ1n) is 18.6. The van der Waals surface area contributed by atoms with Gasteiger partial charge in [-0.2, -0.15) is 9.59 Å². The molecule has 8 heteroatoms. The van der Waals surface area contributed by atoms with Crippen molar-refractivity contribution >= 4 is 12.1 Å². The van der Waals surface area contributed by atoms with Gasteiger partial charge in [0.2, 0.25) is 0 Å². The second kappa shape index (κ2) is 13.1. The molecule has 2 aromatic rings. The number of hydrogen-bond acceptors (Lipinski definition) is 8. The van der Waals surface area contributed by atoms with E-state index in [0.29, 0.717) is 13.0 Å². The lowest BCUT2D eigenvalue weighted by molar-refractivity contribution is -0.306. The van der Waals surface area contributed by atoms with Crippen molar-refractivity contribution in [3.05, 3.63) is 82.9 Å². The van der Waals surface area contributed by atoms with Crippen molar-refractivity contribution in [3.8, 4) is 0 Å². The van der Waals surface area contributed by atoms with Gasteiger partial charge in [-0.15, -0.1) is 0 Å². The van der Waals surface area contributed by atoms with Gasteiger partial charge in [-0.25, -0.2) is 4.79 Å². The topological polar surface area (TPSA) is 119 Å². The third-order valence-corrected chi connectivity index (χ3v) is 14.3. The molecule has 2 bridgehead atoms. The first kappa shape index (κ1) is 37.6. The number of carbonyl (C=O) groups excluding carboxylic acids is 3. The number of esters is 1. The van der Waals surface area contributed by atoms with Crippen LogP contribution in [0.2, 0.25) is 0 Å². The third kappa shape index (κ3) is 5.68. The van der Waals surface area contributed by atoms with E-state index in [0.717, 1.165) is 28.7 Å². The predicted molar refractivity (Wildman–Crippen MR) is 191 cm³/mol. The van der Waals surface area contributed by atoms with Gasteiger partial charge < -0.3 is 24.4 Å². The van der Waals surface area contributed by atoms with Crippen molar-refractivity contribution < 1.29 is 38.8 Å². The maximum Gasteiger partial charge on any atom is 0.373 e. The molecule has 0 amide bonds. The molecule has 2 saturated carbocycles. The first-order chi connectivity index (χ1) is 23.9. The molecule has 2 N–H and O–H groups in total. The molecule has 2 saturated heterocycles. The summed E-state index contributed by atoms with van der Waals surface area (Å²) in [5.41, 5.74) is 0.811. The maximum atomic E-state index is 14.3. The van der Waals surface area contributed by atoms with Crippen LogP contribution in [0, 0.1) is 34.0 Å². The summed E-state index contributed by atoms with van der Waals surface area (Å²) >= 11 is 0. The van der Waals surface area contributed by atoms with Crippen molar-refractivity contribution in [1.29, 1.82) is 0 Å². The number of benzene rings is 2. The number of ether oxygens (including phenoxy) is 3. The Labute approximate surface area is 303 Å². The van der Waals surface area contributed by atoms with Crippen LogP contribution in [0.3, 0.4) is 0 Å². The average molecular weight is 701 g/mol. The number of fused-ring (bicyclic) bond motifs is 5. The summed E-state index contributed by atoms with van der Waals surface area (Å²) in [6.07, 6.45) is 0.0771. The fourth-order valence-corrected chi connectivity index (χ4v) is 11.7. The molecule has 2 aromatic carbocycles. The van der Waals surface area contributed by atoms with E-state index in [1.807, 2.05) is 45.0 Å². The fourth-order valence-electron chi connectivity index (χ4n) is 11.7. The van der Waals surface area contributed by atoms with Crippen LogP contribution in [0.25, 0.3) is 0 Å². The Morgan fingerprint density at radius 1 is 0.902 bits per heavy atom. The molecule has 0 aromatic heterocycles. The average Bonchev–Trinajstić information content (AvgIpc) is 3.42. The lowest BCUT2D eigenvalue weighted by atomic mass is 9.37. The van der Waals surface area contributed by atoms with E-state index in [9.17, 15) is 15.0 Å². The smallest absolute Gasteiger partial charge is 0.373 e. The zero-order valence-corrected chi connectivity index (χ0v) is 31.6. The molecule has 3 aliphatic carbocycles. The van der Waals surface area contributed by atoms with Gasteiger partial charge in [0.05, 0.1) is 30.0 Å². The number of rotatable bonds is 4. The Balaban J connectivity index is 0.00000144. The van der Waals surface area contributed by atoms with Crippen LogP contribution in [-0.4, -0.2) is 64.6 Å². The Morgan fingerprint density at radius 2 is 1.47 bits per heavy atom. The normalized spacial score (nSPS) is 42.0. The van der Waals surface area contributed by atoms with Crippen molar-refractivity contribution in [2.75, 3.05) is 6.61 Å². The molecule has 12 atom stereocenters. The molecule has 0 radical (unpaired) electrons. The highest BCUT2D eigenvalue weighted by Crippen LogP contribution is 2.71. The van der Waals surface area contributed by atoms with Crippen molar-refractivity contribution in [2.45, 2.75) is 129 Å². The second-order valence-electron chi connectivity index (χ2n) is 17.8. The molecule has 4 fully saturated rings. The molecule has 5 aliphatic rings. The minimum Gasteiger partial charge on any atom is -0.456 e. The van der Waals surface area contributed by atoms with Gasteiger partial charge in [0.25, 0.3) is 0 Å². The van der Waals surface area contributed by atoms with Crippen LogP contribution < -0.4 is 0 Å². The van der Waals surface area contributed by atoms with Gasteiger partial charge in [0, 0.05) is 40.4 Å². The highest BCUT2D eigenvalue weighted by Gasteiger charge is 2.72. The fraction of sp³-hybridized carbons (Fsp3) is 0.628. The lowest BCUT2D eigenvalue weighted by Gasteiger charge is -2.71. The van der Waals surface area contributed by atoms with E-state index >= 15 is 0 Å². The minimum absolute atomic E-state index is 0.0668. The van der Waals surface area contributed by atoms with E-state index in [1.165, 1.54) is 0 Å². The standard InChI is InChI=1S/C42H56O6.CO2/c1-24-20-31-40(8,23-46-31)35-33(28-18-14-11-15-19-28)42(45)22-30(25(2)32(39(42,6)7)26(3)36(43)41(24,35)9)47-37(44)34-29(21-38(4,5)48-34)27-16-12-10-13-17-27;2-1-3/h10-19,24,26,29-31,33-36,43,45H,20-23H2,1-9H3;/t24-,26+,29-,30-,31+,33-,34+,35?,36-,40+,41+,42+;/m0./s1. The molecule has 51 heavy (non-hydrogen) atoms. The maximum absolute atomic E-state index is 14.3. The quantitative estimate of drug-likeness (QED) is 0.259. The summed E-state index contributed by atoms with van der Waals surface area (Å²) in [6, 6.07) is 20.5. The predicted octanol–water partition coefficient (Wildman–Crippen LogP) is 7.01. The summed E-state index contributed by atoms with van der Waals surface area (Å²) in [5.74, 6) is -1.05. The Kier molecular flexibility index (Phi) is 9.64. The van der Waals surface area contributed by atoms with Crippen LogP contribution in [0.4, 0.5) is 0 Å². The zero-order valence-electron chi connectivity index (χ0n) is 31.6. The van der Waals surface area contributed by atoms with Crippen LogP contribution >= 0.6 is 0 Å². The van der Waals surface area contributed by atoms with E-state index < -0.39 is 46.3 Å². The van der Waals surface area contributed by atoms with Gasteiger partial charge in [-0.05, 0) is 62.1 Å². The summed E-state index contributed by atoms with van der Waals surface area (Å²) < 4.78 is 19.3. The highest BCUT2D eigenvalue weighted by molar-refractivity contribution is 5.77. The largest absolute Gasteiger partial charge is 0.456 e. The lowest BCUT2D eigenvalue weighted by Crippen LogP contribution is -2.73. The van der Waals surface area contributed by atoms with Gasteiger partial charge in [-0.3, -0.25) is 0 Å². The minimum atomic E-state index is -1.30. The number of aliphatic hydroxyl groups is 2. The molecule has 276 valence electrons. The summed E-state index contributed by atoms with van der Waals surface area (Å²) in [6.45, 7) is 20.0. The van der Waals surface area contributed by atoms with Gasteiger partial charge >= 0.3 is 12.1 Å². The number of hydrogen-bond donors (Lipinski definition) is 2. The van der Waals surface area contributed by atoms with Gasteiger partial charge in [-0.1, -0.05) is 108 Å². The molecule has 1 unspecified atom stereocenters. The molecule has 7 rings (SSSR count). The van der Waals surface area contributed by atoms with E-state index in [4.69, 9.17) is 23.8 Å². The SMILES string of the molecule is CC1=C2[C@@H](C)[C@H](O)[C@@]3(C)C([C@H](c4ccccc4)[C@](O)(C[C@@H]1OC(=O)[C@@H]1OC(C)(C)C[C@H]1c1ccccc1)C2(C)C)[C@]1(C)CO[C@@H]1C[C@@H]3C.O=C=O. The van der Waals surface area contributed by atoms with Gasteiger partial charge in [0.15, 0.2) is 6.10 Å². The van der Waals surface area contributed by atoms with Crippen LogP contribution in [0.15, 0.2) is 71.8 Å².